The number of nitrogens with zero attached hydrogens (tertiary/aromatic N) is 1. The molecule has 0 aromatic carbocycles. The zero-order chi connectivity index (χ0) is 10.3. The number of aromatic nitrogens is 1. The SMILES string of the molecule is C#Cc1c(C)sc2c(F)cnc(Cl)c12. The van der Waals surface area contributed by atoms with Crippen LogP contribution in [-0.4, -0.2) is 4.98 Å². The smallest absolute Gasteiger partial charge is 0.159 e. The first-order chi connectivity index (χ1) is 6.65. The lowest BCUT2D eigenvalue weighted by molar-refractivity contribution is 0.636. The molecule has 4 heteroatoms. The summed E-state index contributed by atoms with van der Waals surface area (Å²) in [5, 5.41) is 0.815. The van der Waals surface area contributed by atoms with Gasteiger partial charge in [-0.3, -0.25) is 0 Å². The number of pyridine rings is 1. The van der Waals surface area contributed by atoms with E-state index >= 15 is 0 Å². The molecule has 0 aliphatic rings. The number of hydrogen-bond donors (Lipinski definition) is 0. The fourth-order valence-corrected chi connectivity index (χ4v) is 2.63. The second kappa shape index (κ2) is 3.23. The van der Waals surface area contributed by atoms with Crippen LogP contribution in [0.4, 0.5) is 4.39 Å². The van der Waals surface area contributed by atoms with Gasteiger partial charge in [0.25, 0.3) is 0 Å². The third-order valence-corrected chi connectivity index (χ3v) is 3.34. The fraction of sp³-hybridized carbons (Fsp3) is 0.100. The van der Waals surface area contributed by atoms with Crippen molar-refractivity contribution >= 4 is 33.0 Å². The molecule has 0 saturated heterocycles. The molecule has 0 N–H and O–H groups in total. The van der Waals surface area contributed by atoms with Crippen LogP contribution in [0.3, 0.4) is 0 Å². The minimum atomic E-state index is -0.376. The minimum Gasteiger partial charge on any atom is -0.241 e. The van der Waals surface area contributed by atoms with Crippen LogP contribution in [0.1, 0.15) is 10.4 Å². The van der Waals surface area contributed by atoms with Crippen molar-refractivity contribution in [2.45, 2.75) is 6.92 Å². The molecule has 0 bridgehead atoms. The van der Waals surface area contributed by atoms with Crippen LogP contribution >= 0.6 is 22.9 Å². The summed E-state index contributed by atoms with van der Waals surface area (Å²) >= 11 is 7.16. The highest BCUT2D eigenvalue weighted by molar-refractivity contribution is 7.19. The maximum Gasteiger partial charge on any atom is 0.159 e. The first kappa shape index (κ1) is 9.45. The molecule has 0 aliphatic carbocycles. The Morgan fingerprint density at radius 1 is 1.64 bits per heavy atom. The number of halogens is 2. The standard InChI is InChI=1S/C10H5ClFNS/c1-3-6-5(2)14-9-7(12)4-13-10(11)8(6)9/h1,4H,2H3. The first-order valence-corrected chi connectivity index (χ1v) is 5.04. The third-order valence-electron chi connectivity index (χ3n) is 1.94. The van der Waals surface area contributed by atoms with Gasteiger partial charge in [-0.2, -0.15) is 0 Å². The van der Waals surface area contributed by atoms with Crippen molar-refractivity contribution in [3.8, 4) is 12.3 Å². The zero-order valence-electron chi connectivity index (χ0n) is 7.27. The fourth-order valence-electron chi connectivity index (χ4n) is 1.32. The largest absolute Gasteiger partial charge is 0.241 e. The normalized spacial score (nSPS) is 10.4. The van der Waals surface area contributed by atoms with E-state index in [4.69, 9.17) is 18.0 Å². The summed E-state index contributed by atoms with van der Waals surface area (Å²) < 4.78 is 13.8. The zero-order valence-corrected chi connectivity index (χ0v) is 8.84. The first-order valence-electron chi connectivity index (χ1n) is 3.85. The topological polar surface area (TPSA) is 12.9 Å². The minimum absolute atomic E-state index is 0.263. The molecule has 70 valence electrons. The van der Waals surface area contributed by atoms with E-state index in [-0.39, 0.29) is 11.0 Å². The Balaban J connectivity index is 3.03. The molecule has 0 amide bonds. The molecule has 2 aromatic rings. The number of aryl methyl sites for hydroxylation is 1. The van der Waals surface area contributed by atoms with Gasteiger partial charge in [-0.15, -0.1) is 17.8 Å². The lowest BCUT2D eigenvalue weighted by Crippen LogP contribution is -1.82. The van der Waals surface area contributed by atoms with Crippen molar-refractivity contribution in [2.24, 2.45) is 0 Å². The predicted octanol–water partition coefficient (Wildman–Crippen LogP) is 3.38. The molecular formula is C10H5ClFNS. The molecule has 0 radical (unpaired) electrons. The van der Waals surface area contributed by atoms with Crippen molar-refractivity contribution in [3.05, 3.63) is 27.6 Å². The van der Waals surface area contributed by atoms with Gasteiger partial charge in [-0.25, -0.2) is 9.37 Å². The van der Waals surface area contributed by atoms with Gasteiger partial charge < -0.3 is 0 Å². The molecule has 14 heavy (non-hydrogen) atoms. The van der Waals surface area contributed by atoms with E-state index in [1.807, 2.05) is 6.92 Å². The van der Waals surface area contributed by atoms with Crippen LogP contribution in [0.15, 0.2) is 6.20 Å². The van der Waals surface area contributed by atoms with Crippen molar-refractivity contribution in [3.63, 3.8) is 0 Å². The predicted molar refractivity (Wildman–Crippen MR) is 57.3 cm³/mol. The molecule has 1 nitrogen and oxygen atoms in total. The Morgan fingerprint density at radius 2 is 2.36 bits per heavy atom. The van der Waals surface area contributed by atoms with Crippen LogP contribution in [0.2, 0.25) is 5.15 Å². The number of terminal acetylenes is 1. The Bertz CT molecular complexity index is 553. The Kier molecular flexibility index (Phi) is 2.18. The van der Waals surface area contributed by atoms with E-state index in [9.17, 15) is 4.39 Å². The van der Waals surface area contributed by atoms with E-state index < -0.39 is 0 Å². The Labute approximate surface area is 89.5 Å². The van der Waals surface area contributed by atoms with Gasteiger partial charge in [0, 0.05) is 15.8 Å². The summed E-state index contributed by atoms with van der Waals surface area (Å²) in [4.78, 5) is 4.62. The Hall–Kier alpha value is -1.11. The van der Waals surface area contributed by atoms with Crippen LogP contribution in [0, 0.1) is 25.1 Å². The summed E-state index contributed by atoms with van der Waals surface area (Å²) in [6, 6.07) is 0. The summed E-state index contributed by atoms with van der Waals surface area (Å²) in [6.45, 7) is 1.84. The summed E-state index contributed by atoms with van der Waals surface area (Å²) in [5.74, 6) is 2.13. The van der Waals surface area contributed by atoms with Gasteiger partial charge in [0.2, 0.25) is 0 Å². The van der Waals surface area contributed by atoms with Crippen molar-refractivity contribution in [1.29, 1.82) is 0 Å². The van der Waals surface area contributed by atoms with Gasteiger partial charge in [0.05, 0.1) is 10.9 Å². The van der Waals surface area contributed by atoms with E-state index in [0.717, 1.165) is 11.1 Å². The van der Waals surface area contributed by atoms with Gasteiger partial charge in [0.1, 0.15) is 5.15 Å². The molecule has 2 rings (SSSR count). The molecule has 2 heterocycles. The van der Waals surface area contributed by atoms with Gasteiger partial charge in [0.15, 0.2) is 5.82 Å². The van der Waals surface area contributed by atoms with Crippen molar-refractivity contribution < 1.29 is 4.39 Å². The third kappa shape index (κ3) is 1.19. The van der Waals surface area contributed by atoms with E-state index in [0.29, 0.717) is 15.6 Å². The monoisotopic (exact) mass is 225 g/mol. The van der Waals surface area contributed by atoms with Crippen LogP contribution in [0.25, 0.3) is 10.1 Å². The number of hydrogen-bond acceptors (Lipinski definition) is 2. The van der Waals surface area contributed by atoms with Crippen LogP contribution < -0.4 is 0 Å². The molecule has 0 spiro atoms. The van der Waals surface area contributed by atoms with E-state index in [2.05, 4.69) is 10.9 Å². The highest BCUT2D eigenvalue weighted by Crippen LogP contribution is 2.35. The molecule has 0 unspecified atom stereocenters. The van der Waals surface area contributed by atoms with Crippen LogP contribution in [0.5, 0.6) is 0 Å². The lowest BCUT2D eigenvalue weighted by atomic mass is 10.2. The number of rotatable bonds is 0. The maximum atomic E-state index is 13.3. The average molecular weight is 226 g/mol. The molecule has 0 aliphatic heterocycles. The second-order valence-corrected chi connectivity index (χ2v) is 4.36. The number of thiophene rings is 1. The second-order valence-electron chi connectivity index (χ2n) is 2.78. The van der Waals surface area contributed by atoms with Gasteiger partial charge >= 0.3 is 0 Å². The summed E-state index contributed by atoms with van der Waals surface area (Å²) in [5.41, 5.74) is 0.641. The molecule has 0 saturated carbocycles. The van der Waals surface area contributed by atoms with Crippen LogP contribution in [-0.2, 0) is 0 Å². The van der Waals surface area contributed by atoms with E-state index in [1.54, 1.807) is 0 Å². The Morgan fingerprint density at radius 3 is 3.00 bits per heavy atom. The van der Waals surface area contributed by atoms with Gasteiger partial charge in [-0.1, -0.05) is 17.5 Å². The quantitative estimate of drug-likeness (QED) is 0.495. The van der Waals surface area contributed by atoms with Crippen molar-refractivity contribution in [2.75, 3.05) is 0 Å². The van der Waals surface area contributed by atoms with Crippen molar-refractivity contribution in [1.82, 2.24) is 4.98 Å². The van der Waals surface area contributed by atoms with E-state index in [1.165, 1.54) is 11.3 Å². The molecule has 0 atom stereocenters. The lowest BCUT2D eigenvalue weighted by Gasteiger charge is -1.94. The summed E-state index contributed by atoms with van der Waals surface area (Å²) in [6.07, 6.45) is 6.44. The average Bonchev–Trinajstić information content (AvgIpc) is 2.50. The van der Waals surface area contributed by atoms with Gasteiger partial charge in [-0.05, 0) is 6.92 Å². The molecule has 2 aromatic heterocycles. The molecular weight excluding hydrogens is 221 g/mol. The number of fused-ring (bicyclic) bond motifs is 1. The highest BCUT2D eigenvalue weighted by atomic mass is 35.5. The maximum absolute atomic E-state index is 13.3. The molecule has 0 fully saturated rings. The highest BCUT2D eigenvalue weighted by Gasteiger charge is 2.14. The summed E-state index contributed by atoms with van der Waals surface area (Å²) in [7, 11) is 0.